The highest BCUT2D eigenvalue weighted by atomic mass is 31.2. The summed E-state index contributed by atoms with van der Waals surface area (Å²) in [7, 11) is -2.88. The Morgan fingerprint density at radius 2 is 1.92 bits per heavy atom. The standard InChI is InChI=1S/C16H26N7O8P.C2HF3O2/c1-28-32(27,29-4-8(17)2-3-10(18)24)30-5-9-12(25)13(26)16(31-9)23-7-22-11-14(19)20-6-21-15(11)23;3-2(4,5)1(6)7/h6-9,12-13,16,25-26H,2-5,17H2,1H3,(H2,18,24)(H2,19,20,21);(H,6,7). The molecule has 0 bridgehead atoms. The van der Waals surface area contributed by atoms with Gasteiger partial charge >= 0.3 is 14.0 Å². The number of amides is 1. The number of aliphatic hydroxyl groups excluding tert-OH is 2. The number of aliphatic carboxylic acids is 1. The van der Waals surface area contributed by atoms with E-state index in [9.17, 15) is 32.7 Å². The molecule has 1 fully saturated rings. The number of carbonyl (C=O) groups excluding carboxylic acids is 2. The fraction of sp³-hybridized carbons (Fsp3) is 0.611. The number of nitrogens with zero attached hydrogens (tertiary/aromatic N) is 4. The van der Waals surface area contributed by atoms with E-state index in [4.69, 9.17) is 39.7 Å². The monoisotopic (exact) mass is 589 g/mol. The molecule has 6 atom stereocenters. The number of phosphoric ester groups is 1. The molecule has 0 saturated carbocycles. The molecule has 0 aromatic carbocycles. The van der Waals surface area contributed by atoms with Crippen LogP contribution in [0.15, 0.2) is 12.7 Å². The number of carboxylic acid groups (broad SMARTS) is 1. The number of nitrogen functional groups attached to an aromatic ring is 1. The van der Waals surface area contributed by atoms with Crippen molar-refractivity contribution in [2.75, 3.05) is 26.1 Å². The van der Waals surface area contributed by atoms with Crippen molar-refractivity contribution >= 4 is 36.7 Å². The van der Waals surface area contributed by atoms with Crippen molar-refractivity contribution in [2.24, 2.45) is 5.73 Å². The summed E-state index contributed by atoms with van der Waals surface area (Å²) >= 11 is 0. The number of rotatable bonds is 11. The first-order chi connectivity index (χ1) is 18.1. The number of fused-ring (bicyclic) bond motifs is 1. The van der Waals surface area contributed by atoms with E-state index in [1.165, 1.54) is 17.2 Å². The van der Waals surface area contributed by atoms with Crippen molar-refractivity contribution < 1.29 is 66.7 Å². The normalized spacial score (nSPS) is 23.6. The number of halogens is 3. The predicted octanol–water partition coefficient (Wildman–Crippen LogP) is -3.01. The van der Waals surface area contributed by atoms with E-state index in [0.717, 1.165) is 7.11 Å². The lowest BCUT2D eigenvalue weighted by atomic mass is 10.1. The Morgan fingerprint density at radius 3 is 2.49 bits per heavy atom. The van der Waals surface area contributed by atoms with E-state index in [1.807, 2.05) is 0 Å². The highest BCUT2D eigenvalue weighted by Gasteiger charge is 2.45. The molecule has 0 aliphatic carbocycles. The molecule has 9 N–H and O–H groups in total. The third-order valence-corrected chi connectivity index (χ3v) is 6.50. The van der Waals surface area contributed by atoms with Gasteiger partial charge in [-0.05, 0) is 0 Å². The average Bonchev–Trinajstić information content (AvgIpc) is 3.42. The van der Waals surface area contributed by atoms with Gasteiger partial charge in [-0.15, -0.1) is 0 Å². The molecule has 0 spiro atoms. The van der Waals surface area contributed by atoms with Crippen LogP contribution in [-0.2, 0) is 32.5 Å². The summed E-state index contributed by atoms with van der Waals surface area (Å²) in [5.74, 6) is -3.34. The van der Waals surface area contributed by atoms with Gasteiger partial charge in [0, 0.05) is 20.0 Å². The predicted molar refractivity (Wildman–Crippen MR) is 118 cm³/mol. The van der Waals surface area contributed by atoms with Crippen molar-refractivity contribution in [1.82, 2.24) is 19.5 Å². The van der Waals surface area contributed by atoms with Crippen LogP contribution in [-0.4, -0.2) is 92.5 Å². The van der Waals surface area contributed by atoms with Crippen molar-refractivity contribution in [3.05, 3.63) is 12.7 Å². The fourth-order valence-electron chi connectivity index (χ4n) is 3.09. The largest absolute Gasteiger partial charge is 0.542 e. The molecule has 1 aliphatic heterocycles. The molecule has 21 heteroatoms. The van der Waals surface area contributed by atoms with Crippen molar-refractivity contribution in [3.63, 3.8) is 0 Å². The number of carbonyl (C=O) groups is 2. The number of aliphatic hydroxyl groups is 2. The number of aromatic nitrogens is 4. The summed E-state index contributed by atoms with van der Waals surface area (Å²) < 4.78 is 66.6. The van der Waals surface area contributed by atoms with E-state index < -0.39 is 57.0 Å². The SMILES string of the molecule is COP(=O)(OCC([NH3+])CCC(N)=O)OCC1OC(n2cnc3c(N)ncnc32)C(O)C1O.O=C([O-])C(F)(F)F. The highest BCUT2D eigenvalue weighted by Crippen LogP contribution is 2.49. The molecule has 1 amide bonds. The molecule has 2 aromatic heterocycles. The molecule has 1 aliphatic rings. The zero-order valence-corrected chi connectivity index (χ0v) is 21.2. The third-order valence-electron chi connectivity index (χ3n) is 5.12. The molecule has 1 saturated heterocycles. The van der Waals surface area contributed by atoms with E-state index >= 15 is 0 Å². The maximum atomic E-state index is 12.7. The fourth-order valence-corrected chi connectivity index (χ4v) is 4.10. The van der Waals surface area contributed by atoms with Crippen LogP contribution in [0.5, 0.6) is 0 Å². The molecule has 17 nitrogen and oxygen atoms in total. The molecule has 39 heavy (non-hydrogen) atoms. The number of alkyl halides is 3. The average molecular weight is 589 g/mol. The van der Waals surface area contributed by atoms with Crippen LogP contribution in [0.4, 0.5) is 19.0 Å². The number of imidazole rings is 1. The number of phosphoric acid groups is 1. The summed E-state index contributed by atoms with van der Waals surface area (Å²) in [6.07, 6.45) is -7.02. The molecular formula is C18H27F3N7O10P. The molecule has 220 valence electrons. The first-order valence-corrected chi connectivity index (χ1v) is 12.3. The molecule has 3 heterocycles. The Morgan fingerprint density at radius 1 is 1.28 bits per heavy atom. The summed E-state index contributed by atoms with van der Waals surface area (Å²) in [5, 5.41) is 29.6. The second-order valence-corrected chi connectivity index (χ2v) is 9.78. The van der Waals surface area contributed by atoms with Crippen LogP contribution < -0.4 is 22.3 Å². The summed E-state index contributed by atoms with van der Waals surface area (Å²) in [6.45, 7) is -0.521. The van der Waals surface area contributed by atoms with Gasteiger partial charge in [0.25, 0.3) is 0 Å². The minimum Gasteiger partial charge on any atom is -0.542 e. The second kappa shape index (κ2) is 13.4. The molecule has 3 rings (SSSR count). The van der Waals surface area contributed by atoms with Crippen LogP contribution in [0, 0.1) is 0 Å². The summed E-state index contributed by atoms with van der Waals surface area (Å²) in [5.41, 5.74) is 15.3. The van der Waals surface area contributed by atoms with Crippen LogP contribution in [0.2, 0.25) is 0 Å². The maximum absolute atomic E-state index is 12.7. The minimum absolute atomic E-state index is 0.108. The van der Waals surface area contributed by atoms with Crippen LogP contribution in [0.25, 0.3) is 11.2 Å². The van der Waals surface area contributed by atoms with Gasteiger partial charge in [-0.2, -0.15) is 13.2 Å². The summed E-state index contributed by atoms with van der Waals surface area (Å²) in [6, 6.07) is -0.377. The zero-order valence-electron chi connectivity index (χ0n) is 20.3. The molecule has 6 unspecified atom stereocenters. The Hall–Kier alpha value is -2.97. The highest BCUT2D eigenvalue weighted by molar-refractivity contribution is 7.48. The van der Waals surface area contributed by atoms with E-state index in [2.05, 4.69) is 20.7 Å². The number of hydrogen-bond acceptors (Lipinski definition) is 14. The van der Waals surface area contributed by atoms with Crippen molar-refractivity contribution in [2.45, 2.75) is 49.6 Å². The van der Waals surface area contributed by atoms with Gasteiger partial charge in [0.15, 0.2) is 17.7 Å². The van der Waals surface area contributed by atoms with Gasteiger partial charge in [-0.1, -0.05) is 0 Å². The maximum Gasteiger partial charge on any atom is 0.474 e. The lowest BCUT2D eigenvalue weighted by Crippen LogP contribution is -2.63. The molecular weight excluding hydrogens is 562 g/mol. The van der Waals surface area contributed by atoms with Gasteiger partial charge in [-0.3, -0.25) is 22.9 Å². The number of quaternary nitrogens is 1. The number of hydrogen-bond donors (Lipinski definition) is 5. The van der Waals surface area contributed by atoms with E-state index in [-0.39, 0.29) is 24.9 Å². The quantitative estimate of drug-likeness (QED) is 0.163. The minimum atomic E-state index is -5.19. The van der Waals surface area contributed by atoms with Crippen molar-refractivity contribution in [1.29, 1.82) is 0 Å². The lowest BCUT2D eigenvalue weighted by Gasteiger charge is -2.20. The topological polar surface area (TPSA) is 275 Å². The molecule has 0 radical (unpaired) electrons. The number of anilines is 1. The van der Waals surface area contributed by atoms with Crippen molar-refractivity contribution in [3.8, 4) is 0 Å². The van der Waals surface area contributed by atoms with Gasteiger partial charge in [0.05, 0.1) is 12.9 Å². The first-order valence-electron chi connectivity index (χ1n) is 10.9. The smallest absolute Gasteiger partial charge is 0.474 e. The molecule has 2 aromatic rings. The lowest BCUT2D eigenvalue weighted by molar-refractivity contribution is -0.425. The number of ether oxygens (including phenoxy) is 1. The first kappa shape index (κ1) is 32.2. The van der Waals surface area contributed by atoms with Gasteiger partial charge in [0.1, 0.15) is 48.8 Å². The number of primary amides is 1. The van der Waals surface area contributed by atoms with E-state index in [0.29, 0.717) is 17.6 Å². The Bertz CT molecular complexity index is 1190. The van der Waals surface area contributed by atoms with E-state index in [1.54, 1.807) is 0 Å². The number of nitrogens with two attached hydrogens (primary N) is 2. The van der Waals surface area contributed by atoms with Gasteiger partial charge in [-0.25, -0.2) is 19.5 Å². The van der Waals surface area contributed by atoms with Gasteiger partial charge in [0.2, 0.25) is 5.91 Å². The Kier molecular flexibility index (Phi) is 11.1. The number of carboxylic acids is 1. The second-order valence-electron chi connectivity index (χ2n) is 8.01. The van der Waals surface area contributed by atoms with Gasteiger partial charge < -0.3 is 42.1 Å². The zero-order chi connectivity index (χ0) is 29.5. The third kappa shape index (κ3) is 8.77. The van der Waals surface area contributed by atoms with Crippen LogP contribution >= 0.6 is 7.82 Å². The summed E-state index contributed by atoms with van der Waals surface area (Å²) in [4.78, 5) is 31.7. The Labute approximate surface area is 217 Å². The van der Waals surface area contributed by atoms with Crippen LogP contribution in [0.1, 0.15) is 19.1 Å². The Balaban J connectivity index is 0.000000673. The van der Waals surface area contributed by atoms with Crippen LogP contribution in [0.3, 0.4) is 0 Å².